The minimum Gasteiger partial charge on any atom is -0.371 e. The minimum atomic E-state index is 0.933. The van der Waals surface area contributed by atoms with Crippen LogP contribution in [-0.2, 0) is 6.54 Å². The van der Waals surface area contributed by atoms with Crippen molar-refractivity contribution in [3.05, 3.63) is 29.8 Å². The maximum Gasteiger partial charge on any atom is 0.0411 e. The van der Waals surface area contributed by atoms with Crippen molar-refractivity contribution in [3.8, 4) is 11.8 Å². The van der Waals surface area contributed by atoms with E-state index in [1.54, 1.807) is 0 Å². The fourth-order valence-electron chi connectivity index (χ4n) is 2.43. The van der Waals surface area contributed by atoms with E-state index in [1.165, 1.54) is 37.2 Å². The first-order valence-electron chi connectivity index (χ1n) is 6.85. The molecule has 0 unspecified atom stereocenters. The summed E-state index contributed by atoms with van der Waals surface area (Å²) in [6, 6.07) is 8.74. The second-order valence-corrected chi connectivity index (χ2v) is 4.68. The van der Waals surface area contributed by atoms with Crippen molar-refractivity contribution in [1.29, 1.82) is 0 Å². The van der Waals surface area contributed by atoms with Crippen LogP contribution in [0.25, 0.3) is 0 Å². The molecule has 1 aromatic carbocycles. The molecule has 0 aliphatic carbocycles. The van der Waals surface area contributed by atoms with E-state index in [2.05, 4.69) is 46.3 Å². The van der Waals surface area contributed by atoms with E-state index in [1.807, 2.05) is 6.92 Å². The highest BCUT2D eigenvalue weighted by molar-refractivity contribution is 5.54. The molecule has 2 rings (SSSR count). The third-order valence-electron chi connectivity index (χ3n) is 3.36. The average molecular weight is 242 g/mol. The lowest BCUT2D eigenvalue weighted by Crippen LogP contribution is -2.22. The smallest absolute Gasteiger partial charge is 0.0411 e. The monoisotopic (exact) mass is 242 g/mol. The van der Waals surface area contributed by atoms with Gasteiger partial charge >= 0.3 is 0 Å². The molecule has 0 aromatic heterocycles. The van der Waals surface area contributed by atoms with Crippen LogP contribution < -0.4 is 10.2 Å². The molecule has 1 fully saturated rings. The van der Waals surface area contributed by atoms with Gasteiger partial charge in [0.1, 0.15) is 0 Å². The zero-order valence-corrected chi connectivity index (χ0v) is 11.2. The predicted molar refractivity (Wildman–Crippen MR) is 77.7 cm³/mol. The zero-order chi connectivity index (χ0) is 12.6. The first kappa shape index (κ1) is 13.0. The molecule has 1 aromatic rings. The molecule has 18 heavy (non-hydrogen) atoms. The lowest BCUT2D eigenvalue weighted by Gasteiger charge is -2.21. The van der Waals surface area contributed by atoms with E-state index in [-0.39, 0.29) is 0 Å². The Bertz CT molecular complexity index is 422. The molecule has 0 amide bonds. The van der Waals surface area contributed by atoms with Crippen LogP contribution >= 0.6 is 0 Å². The zero-order valence-electron chi connectivity index (χ0n) is 11.2. The third-order valence-corrected chi connectivity index (χ3v) is 3.36. The van der Waals surface area contributed by atoms with E-state index in [9.17, 15) is 0 Å². The van der Waals surface area contributed by atoms with Crippen molar-refractivity contribution in [1.82, 2.24) is 5.32 Å². The first-order valence-corrected chi connectivity index (χ1v) is 6.85. The van der Waals surface area contributed by atoms with Crippen LogP contribution in [0, 0.1) is 11.8 Å². The standard InChI is InChI=1S/C16H22N2/c1-2-3-6-11-17-14-15-9-4-5-10-16(15)18-12-7-8-13-18/h4-5,9-10,17H,6-8,11-14H2,1H3. The van der Waals surface area contributed by atoms with Gasteiger partial charge in [-0.05, 0) is 31.4 Å². The van der Waals surface area contributed by atoms with Crippen molar-refractivity contribution in [2.24, 2.45) is 0 Å². The number of benzene rings is 1. The lowest BCUT2D eigenvalue weighted by molar-refractivity contribution is 0.699. The van der Waals surface area contributed by atoms with Gasteiger partial charge in [-0.2, -0.15) is 0 Å². The van der Waals surface area contributed by atoms with Gasteiger partial charge in [-0.1, -0.05) is 18.2 Å². The van der Waals surface area contributed by atoms with Crippen LogP contribution in [0.1, 0.15) is 31.7 Å². The third kappa shape index (κ3) is 3.51. The van der Waals surface area contributed by atoms with Crippen molar-refractivity contribution >= 4 is 5.69 Å². The van der Waals surface area contributed by atoms with Crippen molar-refractivity contribution in [2.45, 2.75) is 32.7 Å². The van der Waals surface area contributed by atoms with Crippen molar-refractivity contribution in [2.75, 3.05) is 24.5 Å². The normalized spacial score (nSPS) is 14.4. The molecule has 1 aliphatic heterocycles. The Hall–Kier alpha value is -1.46. The molecule has 1 saturated heterocycles. The fourth-order valence-corrected chi connectivity index (χ4v) is 2.43. The highest BCUT2D eigenvalue weighted by Gasteiger charge is 2.14. The molecule has 0 saturated carbocycles. The summed E-state index contributed by atoms with van der Waals surface area (Å²) in [5.74, 6) is 6.01. The molecular formula is C16H22N2. The van der Waals surface area contributed by atoms with Crippen LogP contribution in [0.3, 0.4) is 0 Å². The van der Waals surface area contributed by atoms with E-state index >= 15 is 0 Å². The Labute approximate surface area is 110 Å². The van der Waals surface area contributed by atoms with Crippen molar-refractivity contribution < 1.29 is 0 Å². The van der Waals surface area contributed by atoms with E-state index < -0.39 is 0 Å². The number of rotatable bonds is 5. The van der Waals surface area contributed by atoms with Gasteiger partial charge in [0.25, 0.3) is 0 Å². The Kier molecular flexibility index (Phi) is 5.11. The van der Waals surface area contributed by atoms with Gasteiger partial charge < -0.3 is 10.2 Å². The van der Waals surface area contributed by atoms with Crippen LogP contribution in [0.4, 0.5) is 5.69 Å². The van der Waals surface area contributed by atoms with Gasteiger partial charge in [0.15, 0.2) is 0 Å². The molecule has 96 valence electrons. The summed E-state index contributed by atoms with van der Waals surface area (Å²) in [7, 11) is 0. The summed E-state index contributed by atoms with van der Waals surface area (Å²) in [6.07, 6.45) is 3.59. The fraction of sp³-hybridized carbons (Fsp3) is 0.500. The van der Waals surface area contributed by atoms with E-state index in [4.69, 9.17) is 0 Å². The molecule has 0 bridgehead atoms. The number of nitrogens with zero attached hydrogens (tertiary/aromatic N) is 1. The molecule has 0 spiro atoms. The second-order valence-electron chi connectivity index (χ2n) is 4.68. The van der Waals surface area contributed by atoms with Crippen LogP contribution in [0.5, 0.6) is 0 Å². The van der Waals surface area contributed by atoms with Gasteiger partial charge in [-0.25, -0.2) is 0 Å². The SMILES string of the molecule is CC#CCCNCc1ccccc1N1CCCC1. The summed E-state index contributed by atoms with van der Waals surface area (Å²) >= 11 is 0. The molecule has 1 heterocycles. The Morgan fingerprint density at radius 2 is 2.00 bits per heavy atom. The molecule has 0 atom stereocenters. The van der Waals surface area contributed by atoms with Crippen LogP contribution in [0.2, 0.25) is 0 Å². The predicted octanol–water partition coefficient (Wildman–Crippen LogP) is 2.79. The maximum atomic E-state index is 3.47. The molecule has 1 aliphatic rings. The number of nitrogens with one attached hydrogen (secondary N) is 1. The Balaban J connectivity index is 1.91. The van der Waals surface area contributed by atoms with Gasteiger partial charge in [0, 0.05) is 38.3 Å². The topological polar surface area (TPSA) is 15.3 Å². The average Bonchev–Trinajstić information content (AvgIpc) is 2.93. The summed E-state index contributed by atoms with van der Waals surface area (Å²) in [6.45, 7) is 6.21. The van der Waals surface area contributed by atoms with Gasteiger partial charge in [-0.3, -0.25) is 0 Å². The molecular weight excluding hydrogens is 220 g/mol. The van der Waals surface area contributed by atoms with E-state index in [0.29, 0.717) is 0 Å². The summed E-state index contributed by atoms with van der Waals surface area (Å²) in [4.78, 5) is 2.50. The molecule has 0 radical (unpaired) electrons. The van der Waals surface area contributed by atoms with Gasteiger partial charge in [0.2, 0.25) is 0 Å². The molecule has 2 nitrogen and oxygen atoms in total. The second kappa shape index (κ2) is 7.08. The minimum absolute atomic E-state index is 0.933. The lowest BCUT2D eigenvalue weighted by atomic mass is 10.1. The number of para-hydroxylation sites is 1. The highest BCUT2D eigenvalue weighted by atomic mass is 15.1. The Morgan fingerprint density at radius 3 is 2.78 bits per heavy atom. The van der Waals surface area contributed by atoms with Gasteiger partial charge in [-0.15, -0.1) is 11.8 Å². The van der Waals surface area contributed by atoms with E-state index in [0.717, 1.165) is 19.5 Å². The van der Waals surface area contributed by atoms with Crippen LogP contribution in [-0.4, -0.2) is 19.6 Å². The number of hydrogen-bond donors (Lipinski definition) is 1. The van der Waals surface area contributed by atoms with Crippen LogP contribution in [0.15, 0.2) is 24.3 Å². The largest absolute Gasteiger partial charge is 0.371 e. The summed E-state index contributed by atoms with van der Waals surface area (Å²) in [5, 5.41) is 3.47. The molecule has 2 heteroatoms. The van der Waals surface area contributed by atoms with Crippen molar-refractivity contribution in [3.63, 3.8) is 0 Å². The maximum absolute atomic E-state index is 3.47. The van der Waals surface area contributed by atoms with Gasteiger partial charge in [0.05, 0.1) is 0 Å². The number of hydrogen-bond acceptors (Lipinski definition) is 2. The Morgan fingerprint density at radius 1 is 1.22 bits per heavy atom. The summed E-state index contributed by atoms with van der Waals surface area (Å²) < 4.78 is 0. The quantitative estimate of drug-likeness (QED) is 0.631. The summed E-state index contributed by atoms with van der Waals surface area (Å²) in [5.41, 5.74) is 2.81. The molecule has 1 N–H and O–H groups in total. The first-order chi connectivity index (χ1) is 8.92. The number of anilines is 1. The highest BCUT2D eigenvalue weighted by Crippen LogP contribution is 2.24.